The second-order valence-corrected chi connectivity index (χ2v) is 6.61. The van der Waals surface area contributed by atoms with E-state index < -0.39 is 24.5 Å². The molecule has 1 aliphatic heterocycles. The standard InChI is InChI=1S/C20H25F3O5/c1-26-16-11-8-7-10-15(16)18-14(13-27-19(28-18)20(21,22)23)9-5-3-2-4-6-12-17(24)25/h3,5,7-8,10-11,14,18-19H,2,4,6,9,12-13H2,1H3,(H,24,25)/b5-3-. The number of carbonyl (C=O) groups is 1. The summed E-state index contributed by atoms with van der Waals surface area (Å²) >= 11 is 0. The molecule has 156 valence electrons. The number of carboxylic acids is 1. The van der Waals surface area contributed by atoms with Gasteiger partial charge in [0.2, 0.25) is 0 Å². The Balaban J connectivity index is 2.03. The molecule has 1 aromatic carbocycles. The number of aliphatic carboxylic acids is 1. The molecule has 1 saturated heterocycles. The number of hydrogen-bond acceptors (Lipinski definition) is 4. The van der Waals surface area contributed by atoms with Crippen LogP contribution in [-0.4, -0.2) is 37.3 Å². The Bertz CT molecular complexity index is 659. The van der Waals surface area contributed by atoms with E-state index in [1.807, 2.05) is 12.2 Å². The molecule has 0 saturated carbocycles. The van der Waals surface area contributed by atoms with Crippen LogP contribution in [0, 0.1) is 5.92 Å². The molecule has 0 aliphatic carbocycles. The Morgan fingerprint density at radius 1 is 1.29 bits per heavy atom. The van der Waals surface area contributed by atoms with Gasteiger partial charge in [0.15, 0.2) is 0 Å². The molecule has 2 rings (SSSR count). The van der Waals surface area contributed by atoms with Crippen LogP contribution in [0.3, 0.4) is 0 Å². The first-order chi connectivity index (χ1) is 13.3. The summed E-state index contributed by atoms with van der Waals surface area (Å²) in [4.78, 5) is 10.5. The van der Waals surface area contributed by atoms with Gasteiger partial charge in [-0.3, -0.25) is 4.79 Å². The lowest BCUT2D eigenvalue weighted by molar-refractivity contribution is -0.353. The van der Waals surface area contributed by atoms with Crippen molar-refractivity contribution in [1.82, 2.24) is 0 Å². The van der Waals surface area contributed by atoms with E-state index in [0.29, 0.717) is 30.6 Å². The van der Waals surface area contributed by atoms with Crippen molar-refractivity contribution in [1.29, 1.82) is 0 Å². The molecule has 1 aromatic rings. The zero-order valence-corrected chi connectivity index (χ0v) is 15.7. The lowest BCUT2D eigenvalue weighted by Gasteiger charge is -2.37. The van der Waals surface area contributed by atoms with Crippen LogP contribution in [0.1, 0.15) is 43.8 Å². The van der Waals surface area contributed by atoms with Gasteiger partial charge in [-0.05, 0) is 31.7 Å². The highest BCUT2D eigenvalue weighted by Gasteiger charge is 2.48. The molecule has 3 atom stereocenters. The Labute approximate surface area is 162 Å². The smallest absolute Gasteiger partial charge is 0.440 e. The minimum absolute atomic E-state index is 0.0871. The van der Waals surface area contributed by atoms with Crippen LogP contribution in [0.15, 0.2) is 36.4 Å². The molecular formula is C20H25F3O5. The molecule has 1 heterocycles. The fourth-order valence-electron chi connectivity index (χ4n) is 3.10. The molecule has 3 unspecified atom stereocenters. The molecule has 1 aliphatic rings. The van der Waals surface area contributed by atoms with Gasteiger partial charge in [0.05, 0.1) is 19.8 Å². The largest absolute Gasteiger partial charge is 0.496 e. The van der Waals surface area contributed by atoms with Crippen molar-refractivity contribution in [2.45, 2.75) is 50.7 Å². The zero-order chi connectivity index (χ0) is 20.6. The number of ether oxygens (including phenoxy) is 3. The third-order valence-corrected chi connectivity index (χ3v) is 4.49. The highest BCUT2D eigenvalue weighted by molar-refractivity contribution is 5.66. The maximum Gasteiger partial charge on any atom is 0.440 e. The fourth-order valence-corrected chi connectivity index (χ4v) is 3.10. The first-order valence-electron chi connectivity index (χ1n) is 9.16. The predicted molar refractivity (Wildman–Crippen MR) is 96.0 cm³/mol. The molecule has 0 spiro atoms. The molecule has 8 heteroatoms. The number of unbranched alkanes of at least 4 members (excludes halogenated alkanes) is 2. The molecule has 0 amide bonds. The van der Waals surface area contributed by atoms with Crippen LogP contribution < -0.4 is 4.74 Å². The molecule has 1 fully saturated rings. The summed E-state index contributed by atoms with van der Waals surface area (Å²) in [5.41, 5.74) is 0.558. The van der Waals surface area contributed by atoms with Crippen molar-refractivity contribution in [2.75, 3.05) is 13.7 Å². The monoisotopic (exact) mass is 402 g/mol. The second-order valence-electron chi connectivity index (χ2n) is 6.61. The molecule has 0 radical (unpaired) electrons. The molecule has 28 heavy (non-hydrogen) atoms. The number of methoxy groups -OCH3 is 1. The molecule has 0 aromatic heterocycles. The van der Waals surface area contributed by atoms with Crippen molar-refractivity contribution < 1.29 is 37.3 Å². The normalized spacial score (nSPS) is 23.1. The third-order valence-electron chi connectivity index (χ3n) is 4.49. The number of benzene rings is 1. The van der Waals surface area contributed by atoms with Crippen LogP contribution >= 0.6 is 0 Å². The second kappa shape index (κ2) is 10.5. The van der Waals surface area contributed by atoms with Gasteiger partial charge in [0.25, 0.3) is 6.29 Å². The zero-order valence-electron chi connectivity index (χ0n) is 15.7. The maximum atomic E-state index is 13.1. The summed E-state index contributed by atoms with van der Waals surface area (Å²) in [6.45, 7) is -0.0871. The van der Waals surface area contributed by atoms with E-state index in [9.17, 15) is 18.0 Å². The van der Waals surface area contributed by atoms with Gasteiger partial charge in [-0.15, -0.1) is 0 Å². The van der Waals surface area contributed by atoms with E-state index in [1.54, 1.807) is 24.3 Å². The number of halogens is 3. The van der Waals surface area contributed by atoms with E-state index in [2.05, 4.69) is 0 Å². The highest BCUT2D eigenvalue weighted by atomic mass is 19.4. The minimum Gasteiger partial charge on any atom is -0.496 e. The number of rotatable bonds is 9. The minimum atomic E-state index is -4.61. The first kappa shape index (κ1) is 22.2. The SMILES string of the molecule is COc1ccccc1C1OC(C(F)(F)F)OCC1C/C=C\CCCCC(=O)O. The van der Waals surface area contributed by atoms with E-state index in [4.69, 9.17) is 19.3 Å². The fraction of sp³-hybridized carbons (Fsp3) is 0.550. The van der Waals surface area contributed by atoms with Crippen LogP contribution in [-0.2, 0) is 14.3 Å². The van der Waals surface area contributed by atoms with Crippen LogP contribution in [0.25, 0.3) is 0 Å². The van der Waals surface area contributed by atoms with Gasteiger partial charge >= 0.3 is 12.1 Å². The molecule has 5 nitrogen and oxygen atoms in total. The highest BCUT2D eigenvalue weighted by Crippen LogP contribution is 2.42. The Morgan fingerprint density at radius 3 is 2.71 bits per heavy atom. The third kappa shape index (κ3) is 6.53. The van der Waals surface area contributed by atoms with Crippen molar-refractivity contribution in [2.24, 2.45) is 5.92 Å². The van der Waals surface area contributed by atoms with Gasteiger partial charge in [-0.2, -0.15) is 13.2 Å². The van der Waals surface area contributed by atoms with Gasteiger partial charge in [-0.25, -0.2) is 0 Å². The van der Waals surface area contributed by atoms with Gasteiger partial charge in [0.1, 0.15) is 5.75 Å². The van der Waals surface area contributed by atoms with E-state index in [-0.39, 0.29) is 18.9 Å². The van der Waals surface area contributed by atoms with Crippen molar-refractivity contribution in [3.63, 3.8) is 0 Å². The lowest BCUT2D eigenvalue weighted by atomic mass is 9.91. The Kier molecular flexibility index (Phi) is 8.32. The number of hydrogen-bond donors (Lipinski definition) is 1. The lowest BCUT2D eigenvalue weighted by Crippen LogP contribution is -2.43. The topological polar surface area (TPSA) is 65.0 Å². The summed E-state index contributed by atoms with van der Waals surface area (Å²) < 4.78 is 54.7. The summed E-state index contributed by atoms with van der Waals surface area (Å²) in [6.07, 6.45) is -1.23. The molecular weight excluding hydrogens is 377 g/mol. The van der Waals surface area contributed by atoms with Gasteiger partial charge in [0, 0.05) is 17.9 Å². The summed E-state index contributed by atoms with van der Waals surface area (Å²) in [6, 6.07) is 6.86. The average molecular weight is 402 g/mol. The number of allylic oxidation sites excluding steroid dienone is 2. The summed E-state index contributed by atoms with van der Waals surface area (Å²) in [7, 11) is 1.46. The first-order valence-corrected chi connectivity index (χ1v) is 9.16. The van der Waals surface area contributed by atoms with E-state index in [0.717, 1.165) is 6.42 Å². The number of para-hydroxylation sites is 1. The molecule has 0 bridgehead atoms. The van der Waals surface area contributed by atoms with E-state index in [1.165, 1.54) is 7.11 Å². The number of alkyl halides is 3. The van der Waals surface area contributed by atoms with Crippen molar-refractivity contribution >= 4 is 5.97 Å². The Morgan fingerprint density at radius 2 is 2.04 bits per heavy atom. The van der Waals surface area contributed by atoms with Crippen LogP contribution in [0.5, 0.6) is 5.75 Å². The summed E-state index contributed by atoms with van der Waals surface area (Å²) in [5, 5.41) is 8.61. The maximum absolute atomic E-state index is 13.1. The van der Waals surface area contributed by atoms with Crippen LogP contribution in [0.4, 0.5) is 13.2 Å². The number of carboxylic acid groups (broad SMARTS) is 1. The van der Waals surface area contributed by atoms with Crippen molar-refractivity contribution in [3.8, 4) is 5.75 Å². The van der Waals surface area contributed by atoms with E-state index >= 15 is 0 Å². The predicted octanol–water partition coefficient (Wildman–Crippen LogP) is 4.88. The quantitative estimate of drug-likeness (QED) is 0.471. The van der Waals surface area contributed by atoms with Gasteiger partial charge < -0.3 is 19.3 Å². The van der Waals surface area contributed by atoms with Crippen molar-refractivity contribution in [3.05, 3.63) is 42.0 Å². The summed E-state index contributed by atoms with van der Waals surface area (Å²) in [5.74, 6) is -0.650. The van der Waals surface area contributed by atoms with Gasteiger partial charge in [-0.1, -0.05) is 30.4 Å². The van der Waals surface area contributed by atoms with Crippen LogP contribution in [0.2, 0.25) is 0 Å². The Hall–Kier alpha value is -2.06. The average Bonchev–Trinajstić information content (AvgIpc) is 2.66. The molecule has 1 N–H and O–H groups in total.